The molecule has 0 amide bonds. The van der Waals surface area contributed by atoms with E-state index >= 15 is 0 Å². The number of benzene rings is 2. The summed E-state index contributed by atoms with van der Waals surface area (Å²) in [5.41, 5.74) is 2.29. The average molecular weight is 309 g/mol. The molecule has 1 heterocycles. The SMILES string of the molecule is O=C(C[C@H]1CCCN[C@H]1c1ccccc1)OCc1ccccc1. The summed E-state index contributed by atoms with van der Waals surface area (Å²) in [6, 6.07) is 20.5. The number of ether oxygens (including phenoxy) is 1. The van der Waals surface area contributed by atoms with Crippen molar-refractivity contribution in [3.05, 3.63) is 71.8 Å². The summed E-state index contributed by atoms with van der Waals surface area (Å²) in [5.74, 6) is 0.193. The molecule has 0 saturated carbocycles. The van der Waals surface area contributed by atoms with Gasteiger partial charge in [-0.2, -0.15) is 0 Å². The van der Waals surface area contributed by atoms with Crippen molar-refractivity contribution in [2.45, 2.75) is 31.9 Å². The first-order valence-corrected chi connectivity index (χ1v) is 8.31. The topological polar surface area (TPSA) is 38.3 Å². The van der Waals surface area contributed by atoms with Gasteiger partial charge in [-0.25, -0.2) is 0 Å². The van der Waals surface area contributed by atoms with Crippen LogP contribution >= 0.6 is 0 Å². The number of carbonyl (C=O) groups excluding carboxylic acids is 1. The molecule has 0 radical (unpaired) electrons. The summed E-state index contributed by atoms with van der Waals surface area (Å²) in [5, 5.41) is 3.56. The fourth-order valence-corrected chi connectivity index (χ4v) is 3.24. The highest BCUT2D eigenvalue weighted by atomic mass is 16.5. The Bertz CT molecular complexity index is 612. The maximum absolute atomic E-state index is 12.2. The lowest BCUT2D eigenvalue weighted by Crippen LogP contribution is -2.35. The smallest absolute Gasteiger partial charge is 0.306 e. The molecule has 3 rings (SSSR count). The molecule has 120 valence electrons. The van der Waals surface area contributed by atoms with Crippen molar-refractivity contribution in [3.63, 3.8) is 0 Å². The van der Waals surface area contributed by atoms with Gasteiger partial charge in [0.2, 0.25) is 0 Å². The predicted molar refractivity (Wildman–Crippen MR) is 90.8 cm³/mol. The zero-order valence-corrected chi connectivity index (χ0v) is 13.3. The zero-order valence-electron chi connectivity index (χ0n) is 13.3. The highest BCUT2D eigenvalue weighted by Crippen LogP contribution is 2.31. The van der Waals surface area contributed by atoms with Crippen LogP contribution in [0.25, 0.3) is 0 Å². The lowest BCUT2D eigenvalue weighted by molar-refractivity contribution is -0.146. The van der Waals surface area contributed by atoms with E-state index in [2.05, 4.69) is 29.6 Å². The lowest BCUT2D eigenvalue weighted by atomic mass is 9.84. The van der Waals surface area contributed by atoms with E-state index in [0.29, 0.717) is 18.9 Å². The van der Waals surface area contributed by atoms with Gasteiger partial charge < -0.3 is 10.1 Å². The van der Waals surface area contributed by atoms with Crippen LogP contribution in [0.2, 0.25) is 0 Å². The van der Waals surface area contributed by atoms with Gasteiger partial charge in [0.1, 0.15) is 6.61 Å². The van der Waals surface area contributed by atoms with E-state index < -0.39 is 0 Å². The first kappa shape index (κ1) is 15.8. The highest BCUT2D eigenvalue weighted by molar-refractivity contribution is 5.69. The van der Waals surface area contributed by atoms with Crippen LogP contribution in [-0.2, 0) is 16.1 Å². The minimum Gasteiger partial charge on any atom is -0.461 e. The second-order valence-corrected chi connectivity index (χ2v) is 6.10. The summed E-state index contributed by atoms with van der Waals surface area (Å²) >= 11 is 0. The molecule has 2 atom stereocenters. The van der Waals surface area contributed by atoms with Crippen LogP contribution in [-0.4, -0.2) is 12.5 Å². The van der Waals surface area contributed by atoms with Gasteiger partial charge in [0.25, 0.3) is 0 Å². The Hall–Kier alpha value is -2.13. The second-order valence-electron chi connectivity index (χ2n) is 6.10. The lowest BCUT2D eigenvalue weighted by Gasteiger charge is -2.32. The Morgan fingerprint density at radius 1 is 1.04 bits per heavy atom. The fraction of sp³-hybridized carbons (Fsp3) is 0.350. The van der Waals surface area contributed by atoms with Gasteiger partial charge in [0.05, 0.1) is 6.42 Å². The molecule has 1 fully saturated rings. The van der Waals surface area contributed by atoms with Gasteiger partial charge in [-0.3, -0.25) is 4.79 Å². The van der Waals surface area contributed by atoms with Crippen molar-refractivity contribution in [2.75, 3.05) is 6.54 Å². The summed E-state index contributed by atoms with van der Waals surface area (Å²) in [7, 11) is 0. The third-order valence-corrected chi connectivity index (χ3v) is 4.42. The molecule has 0 unspecified atom stereocenters. The summed E-state index contributed by atoms with van der Waals surface area (Å²) in [6.45, 7) is 1.37. The molecular formula is C20H23NO2. The van der Waals surface area contributed by atoms with E-state index in [1.165, 1.54) is 5.56 Å². The number of piperidine rings is 1. The quantitative estimate of drug-likeness (QED) is 0.852. The van der Waals surface area contributed by atoms with E-state index in [1.807, 2.05) is 36.4 Å². The molecule has 1 N–H and O–H groups in total. The Morgan fingerprint density at radius 3 is 2.48 bits per heavy atom. The molecule has 1 aliphatic rings. The van der Waals surface area contributed by atoms with Crippen LogP contribution in [0.3, 0.4) is 0 Å². The number of rotatable bonds is 5. The van der Waals surface area contributed by atoms with E-state index in [0.717, 1.165) is 24.9 Å². The first-order valence-electron chi connectivity index (χ1n) is 8.31. The van der Waals surface area contributed by atoms with Gasteiger partial charge in [0.15, 0.2) is 0 Å². The van der Waals surface area contributed by atoms with Crippen LogP contribution in [0, 0.1) is 5.92 Å². The molecule has 3 heteroatoms. The molecular weight excluding hydrogens is 286 g/mol. The number of nitrogens with one attached hydrogen (secondary N) is 1. The van der Waals surface area contributed by atoms with Gasteiger partial charge in [-0.15, -0.1) is 0 Å². The molecule has 23 heavy (non-hydrogen) atoms. The van der Waals surface area contributed by atoms with Crippen molar-refractivity contribution in [3.8, 4) is 0 Å². The Morgan fingerprint density at radius 2 is 1.74 bits per heavy atom. The standard InChI is InChI=1S/C20H23NO2/c22-19(23-15-16-8-3-1-4-9-16)14-18-12-7-13-21-20(18)17-10-5-2-6-11-17/h1-6,8-11,18,20-21H,7,12-15H2/t18-,20+/m1/s1. The maximum atomic E-state index is 12.2. The van der Waals surface area contributed by atoms with Gasteiger partial charge >= 0.3 is 5.97 Å². The average Bonchev–Trinajstić information content (AvgIpc) is 2.62. The molecule has 1 saturated heterocycles. The van der Waals surface area contributed by atoms with Crippen LogP contribution in [0.4, 0.5) is 0 Å². The fourth-order valence-electron chi connectivity index (χ4n) is 3.24. The van der Waals surface area contributed by atoms with E-state index in [1.54, 1.807) is 0 Å². The van der Waals surface area contributed by atoms with E-state index in [4.69, 9.17) is 4.74 Å². The van der Waals surface area contributed by atoms with E-state index in [9.17, 15) is 4.79 Å². The van der Waals surface area contributed by atoms with Crippen molar-refractivity contribution in [2.24, 2.45) is 5.92 Å². The third kappa shape index (κ3) is 4.42. The van der Waals surface area contributed by atoms with Crippen molar-refractivity contribution >= 4 is 5.97 Å². The van der Waals surface area contributed by atoms with Crippen LogP contribution in [0.5, 0.6) is 0 Å². The minimum atomic E-state index is -0.108. The first-order chi connectivity index (χ1) is 11.3. The molecule has 0 aliphatic carbocycles. The Balaban J connectivity index is 1.57. The van der Waals surface area contributed by atoms with Crippen LogP contribution in [0.15, 0.2) is 60.7 Å². The monoisotopic (exact) mass is 309 g/mol. The Labute approximate surface area is 137 Å². The second kappa shape index (κ2) is 7.93. The zero-order chi connectivity index (χ0) is 15.9. The van der Waals surface area contributed by atoms with Crippen molar-refractivity contribution in [1.29, 1.82) is 0 Å². The summed E-state index contributed by atoms with van der Waals surface area (Å²) in [6.07, 6.45) is 2.65. The number of hydrogen-bond donors (Lipinski definition) is 1. The molecule has 3 nitrogen and oxygen atoms in total. The van der Waals surface area contributed by atoms with Crippen LogP contribution < -0.4 is 5.32 Å². The number of esters is 1. The van der Waals surface area contributed by atoms with Gasteiger partial charge in [-0.1, -0.05) is 60.7 Å². The largest absolute Gasteiger partial charge is 0.461 e. The molecule has 0 bridgehead atoms. The predicted octanol–water partition coefficient (Wildman–Crippen LogP) is 3.86. The van der Waals surface area contributed by atoms with Crippen molar-refractivity contribution < 1.29 is 9.53 Å². The third-order valence-electron chi connectivity index (χ3n) is 4.42. The number of hydrogen-bond acceptors (Lipinski definition) is 3. The summed E-state index contributed by atoms with van der Waals surface area (Å²) in [4.78, 5) is 12.2. The maximum Gasteiger partial charge on any atom is 0.306 e. The highest BCUT2D eigenvalue weighted by Gasteiger charge is 2.28. The van der Waals surface area contributed by atoms with E-state index in [-0.39, 0.29) is 12.0 Å². The van der Waals surface area contributed by atoms with Gasteiger partial charge in [-0.05, 0) is 36.4 Å². The molecule has 1 aliphatic heterocycles. The van der Waals surface area contributed by atoms with Crippen LogP contribution in [0.1, 0.15) is 36.4 Å². The summed E-state index contributed by atoms with van der Waals surface area (Å²) < 4.78 is 5.45. The Kier molecular flexibility index (Phi) is 5.43. The molecule has 0 aromatic heterocycles. The molecule has 2 aromatic rings. The van der Waals surface area contributed by atoms with Crippen molar-refractivity contribution in [1.82, 2.24) is 5.32 Å². The molecule has 0 spiro atoms. The number of carbonyl (C=O) groups is 1. The normalized spacial score (nSPS) is 20.9. The van der Waals surface area contributed by atoms with Gasteiger partial charge in [0, 0.05) is 6.04 Å². The molecule has 2 aromatic carbocycles. The minimum absolute atomic E-state index is 0.108.